The van der Waals surface area contributed by atoms with Crippen LogP contribution in [0.25, 0.3) is 28.0 Å². The molecule has 0 spiro atoms. The van der Waals surface area contributed by atoms with Crippen molar-refractivity contribution in [2.45, 2.75) is 13.1 Å². The molecule has 1 N–H and O–H groups in total. The van der Waals surface area contributed by atoms with Gasteiger partial charge in [-0.25, -0.2) is 4.98 Å². The number of aromatic amines is 1. The van der Waals surface area contributed by atoms with Gasteiger partial charge in [-0.1, -0.05) is 35.9 Å². The minimum absolute atomic E-state index is 0.0177. The van der Waals surface area contributed by atoms with Crippen LogP contribution in [0.4, 0.5) is 13.2 Å². The number of fused-ring (bicyclic) bond motifs is 1. The van der Waals surface area contributed by atoms with Crippen LogP contribution in [0.3, 0.4) is 0 Å². The Morgan fingerprint density at radius 1 is 1.16 bits per heavy atom. The highest BCUT2D eigenvalue weighted by Gasteiger charge is 2.35. The fraction of sp³-hybridized carbons (Fsp3) is 0.136. The summed E-state index contributed by atoms with van der Waals surface area (Å²) < 4.78 is 48.9. The highest BCUT2D eigenvalue weighted by atomic mass is 35.5. The molecule has 32 heavy (non-hydrogen) atoms. The van der Waals surface area contributed by atoms with E-state index in [1.165, 1.54) is 4.57 Å². The number of nitrogens with one attached hydrogen (secondary N) is 1. The van der Waals surface area contributed by atoms with E-state index in [-0.39, 0.29) is 16.1 Å². The number of halogens is 4. The van der Waals surface area contributed by atoms with Crippen LogP contribution in [-0.2, 0) is 6.18 Å². The van der Waals surface area contributed by atoms with Gasteiger partial charge in [-0.3, -0.25) is 14.3 Å². The van der Waals surface area contributed by atoms with Crippen molar-refractivity contribution in [3.05, 3.63) is 80.3 Å². The van der Waals surface area contributed by atoms with Crippen LogP contribution in [0, 0.1) is 4.77 Å². The molecule has 0 radical (unpaired) electrons. The van der Waals surface area contributed by atoms with Crippen LogP contribution >= 0.6 is 23.8 Å². The van der Waals surface area contributed by atoms with Gasteiger partial charge >= 0.3 is 6.18 Å². The third kappa shape index (κ3) is 4.01. The van der Waals surface area contributed by atoms with Crippen molar-refractivity contribution in [3.8, 4) is 22.7 Å². The molecule has 0 amide bonds. The fourth-order valence-electron chi connectivity index (χ4n) is 3.36. The summed E-state index contributed by atoms with van der Waals surface area (Å²) in [6, 6.07) is 13.7. The molecule has 10 heteroatoms. The van der Waals surface area contributed by atoms with Gasteiger partial charge in [0.15, 0.2) is 10.4 Å². The van der Waals surface area contributed by atoms with E-state index >= 15 is 0 Å². The molecule has 164 valence electrons. The van der Waals surface area contributed by atoms with Gasteiger partial charge in [-0.05, 0) is 49.5 Å². The Morgan fingerprint density at radius 3 is 2.50 bits per heavy atom. The summed E-state index contributed by atoms with van der Waals surface area (Å²) in [6.07, 6.45) is -4.81. The first-order valence-electron chi connectivity index (χ1n) is 9.46. The molecule has 0 saturated carbocycles. The number of nitrogens with zero attached hydrogens (tertiary/aromatic N) is 2. The van der Waals surface area contributed by atoms with Crippen molar-refractivity contribution < 1.29 is 17.9 Å². The lowest BCUT2D eigenvalue weighted by Gasteiger charge is -2.18. The summed E-state index contributed by atoms with van der Waals surface area (Å²) in [6.45, 7) is 2.10. The first kappa shape index (κ1) is 22.0. The molecule has 2 aromatic carbocycles. The molecule has 0 aliphatic heterocycles. The number of pyridine rings is 1. The molecule has 5 nitrogen and oxygen atoms in total. The minimum Gasteiger partial charge on any atom is -0.492 e. The normalized spacial score (nSPS) is 11.7. The summed E-state index contributed by atoms with van der Waals surface area (Å²) in [5.41, 5.74) is -1.55. The van der Waals surface area contributed by atoms with Gasteiger partial charge in [-0.2, -0.15) is 13.2 Å². The quantitative estimate of drug-likeness (QED) is 0.356. The molecule has 0 saturated heterocycles. The summed E-state index contributed by atoms with van der Waals surface area (Å²) in [4.78, 5) is 19.4. The Morgan fingerprint density at radius 2 is 1.84 bits per heavy atom. The first-order valence-corrected chi connectivity index (χ1v) is 10.2. The van der Waals surface area contributed by atoms with Crippen LogP contribution in [0.1, 0.15) is 12.5 Å². The number of hydrogen-bond donors (Lipinski definition) is 1. The average molecular weight is 478 g/mol. The number of hydrogen-bond acceptors (Lipinski definition) is 4. The molecule has 4 rings (SSSR count). The molecule has 0 aliphatic rings. The number of benzene rings is 2. The second kappa shape index (κ2) is 8.40. The Kier molecular flexibility index (Phi) is 5.79. The number of rotatable bonds is 4. The molecule has 2 aromatic heterocycles. The van der Waals surface area contributed by atoms with Crippen LogP contribution < -0.4 is 10.3 Å². The zero-order chi connectivity index (χ0) is 23.0. The van der Waals surface area contributed by atoms with Gasteiger partial charge in [0.05, 0.1) is 28.9 Å². The molecular weight excluding hydrogens is 463 g/mol. The molecule has 0 fully saturated rings. The van der Waals surface area contributed by atoms with Gasteiger partial charge in [0, 0.05) is 10.6 Å². The van der Waals surface area contributed by atoms with Gasteiger partial charge in [0.1, 0.15) is 5.75 Å². The lowest BCUT2D eigenvalue weighted by atomic mass is 10.1. The second-order valence-electron chi connectivity index (χ2n) is 6.75. The Bertz CT molecular complexity index is 1430. The van der Waals surface area contributed by atoms with E-state index in [0.717, 1.165) is 6.07 Å². The topological polar surface area (TPSA) is 59.9 Å². The van der Waals surface area contributed by atoms with E-state index in [2.05, 4.69) is 9.97 Å². The van der Waals surface area contributed by atoms with Gasteiger partial charge in [0.25, 0.3) is 5.56 Å². The zero-order valence-electron chi connectivity index (χ0n) is 16.5. The summed E-state index contributed by atoms with van der Waals surface area (Å²) in [5.74, 6) is 0.381. The van der Waals surface area contributed by atoms with Crippen molar-refractivity contribution in [2.24, 2.45) is 0 Å². The molecular formula is C22H15ClF3N3O2S. The van der Waals surface area contributed by atoms with Gasteiger partial charge in [-0.15, -0.1) is 0 Å². The van der Waals surface area contributed by atoms with Gasteiger partial charge < -0.3 is 4.74 Å². The number of H-pyrrole nitrogens is 1. The standard InChI is InChI=1S/C22H15ClF3N3O2S/c1-2-31-17-6-4-3-5-16(17)29-19-18(20(30)28-21(29)32)14(22(24,25)26)11-15(27-19)12-7-9-13(23)10-8-12/h3-11H,2H2,1H3,(H,28,30,32). The summed E-state index contributed by atoms with van der Waals surface area (Å²) >= 11 is 11.2. The molecule has 0 aliphatic carbocycles. The Labute approximate surface area is 190 Å². The predicted molar refractivity (Wildman–Crippen MR) is 119 cm³/mol. The molecule has 2 heterocycles. The SMILES string of the molecule is CCOc1ccccc1-n1c(=S)[nH]c(=O)c2c(C(F)(F)F)cc(-c3ccc(Cl)cc3)nc21. The fourth-order valence-corrected chi connectivity index (χ4v) is 3.77. The third-order valence-corrected chi connectivity index (χ3v) is 5.25. The van der Waals surface area contributed by atoms with E-state index in [4.69, 9.17) is 28.6 Å². The number of aromatic nitrogens is 3. The van der Waals surface area contributed by atoms with E-state index in [1.54, 1.807) is 55.5 Å². The van der Waals surface area contributed by atoms with Crippen molar-refractivity contribution in [2.75, 3.05) is 6.61 Å². The monoisotopic (exact) mass is 477 g/mol. The van der Waals surface area contributed by atoms with Gasteiger partial charge in [0.2, 0.25) is 0 Å². The third-order valence-electron chi connectivity index (χ3n) is 4.71. The molecule has 0 bridgehead atoms. The van der Waals surface area contributed by atoms with Crippen molar-refractivity contribution >= 4 is 34.9 Å². The largest absolute Gasteiger partial charge is 0.492 e. The Hall–Kier alpha value is -3.17. The lowest BCUT2D eigenvalue weighted by molar-refractivity contribution is -0.136. The second-order valence-corrected chi connectivity index (χ2v) is 7.58. The van der Waals surface area contributed by atoms with Crippen molar-refractivity contribution in [1.29, 1.82) is 0 Å². The van der Waals surface area contributed by atoms with Crippen molar-refractivity contribution in [3.63, 3.8) is 0 Å². The lowest BCUT2D eigenvalue weighted by Crippen LogP contribution is -2.20. The van der Waals surface area contributed by atoms with E-state index < -0.39 is 22.7 Å². The van der Waals surface area contributed by atoms with Crippen LogP contribution in [0.2, 0.25) is 5.02 Å². The highest BCUT2D eigenvalue weighted by Crippen LogP contribution is 2.37. The summed E-state index contributed by atoms with van der Waals surface area (Å²) in [7, 11) is 0. The number of alkyl halides is 3. The highest BCUT2D eigenvalue weighted by molar-refractivity contribution is 7.71. The van der Waals surface area contributed by atoms with E-state index in [0.29, 0.717) is 28.6 Å². The molecule has 0 atom stereocenters. The van der Waals surface area contributed by atoms with E-state index in [9.17, 15) is 18.0 Å². The maximum atomic E-state index is 14.0. The molecule has 0 unspecified atom stereocenters. The number of ether oxygens (including phenoxy) is 1. The van der Waals surface area contributed by atoms with Crippen LogP contribution in [-0.4, -0.2) is 21.1 Å². The zero-order valence-corrected chi connectivity index (χ0v) is 18.1. The maximum absolute atomic E-state index is 14.0. The molecule has 4 aromatic rings. The summed E-state index contributed by atoms with van der Waals surface area (Å²) in [5, 5.41) is -0.189. The number of para-hydroxylation sites is 2. The van der Waals surface area contributed by atoms with Crippen LogP contribution in [0.15, 0.2) is 59.4 Å². The minimum atomic E-state index is -4.81. The smallest absolute Gasteiger partial charge is 0.417 e. The van der Waals surface area contributed by atoms with E-state index in [1.807, 2.05) is 0 Å². The van der Waals surface area contributed by atoms with Crippen molar-refractivity contribution in [1.82, 2.24) is 14.5 Å². The first-order chi connectivity index (χ1) is 15.2. The maximum Gasteiger partial charge on any atom is 0.417 e. The Balaban J connectivity index is 2.17. The predicted octanol–water partition coefficient (Wildman–Crippen LogP) is 6.18. The van der Waals surface area contributed by atoms with Crippen LogP contribution in [0.5, 0.6) is 5.75 Å². The average Bonchev–Trinajstić information content (AvgIpc) is 2.74.